The number of benzene rings is 3. The molecular weight excluding hydrogens is 270 g/mol. The number of rotatable bonds is 2. The van der Waals surface area contributed by atoms with Crippen LogP contribution in [0.5, 0.6) is 0 Å². The molecule has 1 amide bonds. The fourth-order valence-electron chi connectivity index (χ4n) is 2.11. The van der Waals surface area contributed by atoms with Crippen LogP contribution in [0, 0.1) is 0 Å². The van der Waals surface area contributed by atoms with Crippen molar-refractivity contribution in [1.82, 2.24) is 0 Å². The Morgan fingerprint density at radius 3 is 2.35 bits per heavy atom. The van der Waals surface area contributed by atoms with Gasteiger partial charge in [-0.1, -0.05) is 54.1 Å². The third kappa shape index (κ3) is 2.51. The second kappa shape index (κ2) is 5.35. The van der Waals surface area contributed by atoms with Gasteiger partial charge in [0.2, 0.25) is 0 Å². The molecule has 0 fully saturated rings. The predicted molar refractivity (Wildman–Crippen MR) is 83.4 cm³/mol. The Morgan fingerprint density at radius 1 is 0.850 bits per heavy atom. The molecule has 20 heavy (non-hydrogen) atoms. The van der Waals surface area contributed by atoms with Gasteiger partial charge in [0.15, 0.2) is 0 Å². The molecule has 3 aromatic carbocycles. The lowest BCUT2D eigenvalue weighted by atomic mass is 10.1. The minimum Gasteiger partial charge on any atom is -0.322 e. The van der Waals surface area contributed by atoms with Crippen LogP contribution >= 0.6 is 11.6 Å². The molecule has 0 aromatic heterocycles. The van der Waals surface area contributed by atoms with E-state index in [1.165, 1.54) is 0 Å². The van der Waals surface area contributed by atoms with Crippen LogP contribution in [0.3, 0.4) is 0 Å². The van der Waals surface area contributed by atoms with E-state index in [2.05, 4.69) is 5.32 Å². The number of fused-ring (bicyclic) bond motifs is 1. The topological polar surface area (TPSA) is 29.1 Å². The van der Waals surface area contributed by atoms with Gasteiger partial charge in [0.1, 0.15) is 0 Å². The molecule has 1 N–H and O–H groups in total. The summed E-state index contributed by atoms with van der Waals surface area (Å²) in [5.74, 6) is -0.203. The highest BCUT2D eigenvalue weighted by atomic mass is 35.5. The molecule has 0 unspecified atom stereocenters. The Balaban J connectivity index is 1.89. The van der Waals surface area contributed by atoms with E-state index in [-0.39, 0.29) is 5.91 Å². The van der Waals surface area contributed by atoms with E-state index in [1.54, 1.807) is 24.3 Å². The number of anilines is 1. The maximum atomic E-state index is 12.2. The second-order valence-electron chi connectivity index (χ2n) is 4.50. The highest BCUT2D eigenvalue weighted by Gasteiger charge is 2.09. The zero-order valence-electron chi connectivity index (χ0n) is 10.6. The van der Waals surface area contributed by atoms with E-state index >= 15 is 0 Å². The van der Waals surface area contributed by atoms with Gasteiger partial charge in [-0.25, -0.2) is 0 Å². The van der Waals surface area contributed by atoms with Gasteiger partial charge in [-0.05, 0) is 35.0 Å². The van der Waals surface area contributed by atoms with Crippen LogP contribution in [0.2, 0.25) is 5.02 Å². The maximum Gasteiger partial charge on any atom is 0.257 e. The fraction of sp³-hybridized carbons (Fsp3) is 0. The van der Waals surface area contributed by atoms with Crippen LogP contribution in [-0.4, -0.2) is 5.91 Å². The van der Waals surface area contributed by atoms with Crippen molar-refractivity contribution in [2.75, 3.05) is 5.32 Å². The molecule has 3 aromatic rings. The Bertz CT molecular complexity index is 783. The number of carbonyl (C=O) groups is 1. The largest absolute Gasteiger partial charge is 0.322 e. The summed E-state index contributed by atoms with van der Waals surface area (Å²) in [7, 11) is 0. The normalized spacial score (nSPS) is 10.4. The molecule has 0 aliphatic rings. The van der Waals surface area contributed by atoms with Gasteiger partial charge in [-0.3, -0.25) is 4.79 Å². The first kappa shape index (κ1) is 12.7. The predicted octanol–water partition coefficient (Wildman–Crippen LogP) is 4.75. The quantitative estimate of drug-likeness (QED) is 0.722. The molecule has 0 saturated carbocycles. The molecule has 98 valence electrons. The highest BCUT2D eigenvalue weighted by Crippen LogP contribution is 2.21. The van der Waals surface area contributed by atoms with Crippen molar-refractivity contribution in [3.05, 3.63) is 77.3 Å². The van der Waals surface area contributed by atoms with E-state index in [1.807, 2.05) is 42.5 Å². The minimum absolute atomic E-state index is 0.203. The van der Waals surface area contributed by atoms with Gasteiger partial charge in [0.05, 0.1) is 10.6 Å². The third-order valence-corrected chi connectivity index (χ3v) is 3.46. The van der Waals surface area contributed by atoms with Crippen molar-refractivity contribution in [2.24, 2.45) is 0 Å². The highest BCUT2D eigenvalue weighted by molar-refractivity contribution is 6.34. The summed E-state index contributed by atoms with van der Waals surface area (Å²) < 4.78 is 0. The number of hydrogen-bond acceptors (Lipinski definition) is 1. The van der Waals surface area contributed by atoms with E-state index in [4.69, 9.17) is 11.6 Å². The van der Waals surface area contributed by atoms with Gasteiger partial charge in [-0.15, -0.1) is 0 Å². The zero-order chi connectivity index (χ0) is 13.9. The zero-order valence-corrected chi connectivity index (χ0v) is 11.4. The first-order valence-corrected chi connectivity index (χ1v) is 6.66. The summed E-state index contributed by atoms with van der Waals surface area (Å²) in [5, 5.41) is 5.55. The number of halogens is 1. The lowest BCUT2D eigenvalue weighted by Crippen LogP contribution is -2.12. The van der Waals surface area contributed by atoms with Crippen LogP contribution in [-0.2, 0) is 0 Å². The first-order valence-electron chi connectivity index (χ1n) is 6.29. The smallest absolute Gasteiger partial charge is 0.257 e. The summed E-state index contributed by atoms with van der Waals surface area (Å²) in [5.41, 5.74) is 1.23. The first-order chi connectivity index (χ1) is 9.74. The Labute approximate surface area is 122 Å². The maximum absolute atomic E-state index is 12.2. The van der Waals surface area contributed by atoms with E-state index < -0.39 is 0 Å². The molecule has 0 radical (unpaired) electrons. The second-order valence-corrected chi connectivity index (χ2v) is 4.90. The van der Waals surface area contributed by atoms with Gasteiger partial charge in [0.25, 0.3) is 5.91 Å². The van der Waals surface area contributed by atoms with Crippen LogP contribution in [0.4, 0.5) is 5.69 Å². The molecule has 0 atom stereocenters. The lowest BCUT2D eigenvalue weighted by Gasteiger charge is -2.07. The van der Waals surface area contributed by atoms with Crippen LogP contribution in [0.25, 0.3) is 10.8 Å². The molecule has 0 bridgehead atoms. The van der Waals surface area contributed by atoms with Crippen molar-refractivity contribution in [3.8, 4) is 0 Å². The third-order valence-electron chi connectivity index (χ3n) is 3.13. The average Bonchev–Trinajstić information content (AvgIpc) is 2.47. The standard InChI is InChI=1S/C17H12ClNO/c18-16-8-4-3-7-15(16)17(20)19-14-10-9-12-5-1-2-6-13(12)11-14/h1-11H,(H,19,20). The summed E-state index contributed by atoms with van der Waals surface area (Å²) >= 11 is 6.02. The summed E-state index contributed by atoms with van der Waals surface area (Å²) in [6.45, 7) is 0. The van der Waals surface area contributed by atoms with Crippen molar-refractivity contribution in [1.29, 1.82) is 0 Å². The molecule has 2 nitrogen and oxygen atoms in total. The summed E-state index contributed by atoms with van der Waals surface area (Å²) in [4.78, 5) is 12.2. The van der Waals surface area contributed by atoms with Crippen LogP contribution < -0.4 is 5.32 Å². The van der Waals surface area contributed by atoms with Gasteiger partial charge in [0, 0.05) is 5.69 Å². The Kier molecular flexibility index (Phi) is 3.40. The van der Waals surface area contributed by atoms with Crippen molar-refractivity contribution in [3.63, 3.8) is 0 Å². The number of hydrogen-bond donors (Lipinski definition) is 1. The molecular formula is C17H12ClNO. The van der Waals surface area contributed by atoms with Gasteiger partial charge in [-0.2, -0.15) is 0 Å². The average molecular weight is 282 g/mol. The monoisotopic (exact) mass is 281 g/mol. The minimum atomic E-state index is -0.203. The van der Waals surface area contributed by atoms with Crippen LogP contribution in [0.15, 0.2) is 66.7 Å². The van der Waals surface area contributed by atoms with Gasteiger partial charge < -0.3 is 5.32 Å². The molecule has 0 heterocycles. The Morgan fingerprint density at radius 2 is 1.55 bits per heavy atom. The molecule has 3 rings (SSSR count). The number of amides is 1. The number of carbonyl (C=O) groups excluding carboxylic acids is 1. The summed E-state index contributed by atoms with van der Waals surface area (Å²) in [6, 6.07) is 20.8. The van der Waals surface area contributed by atoms with E-state index in [9.17, 15) is 4.79 Å². The molecule has 0 aliphatic carbocycles. The van der Waals surface area contributed by atoms with Crippen molar-refractivity contribution < 1.29 is 4.79 Å². The van der Waals surface area contributed by atoms with Crippen molar-refractivity contribution >= 4 is 34.0 Å². The molecule has 0 aliphatic heterocycles. The Hall–Kier alpha value is -2.32. The van der Waals surface area contributed by atoms with Gasteiger partial charge >= 0.3 is 0 Å². The number of nitrogens with one attached hydrogen (secondary N) is 1. The van der Waals surface area contributed by atoms with E-state index in [0.29, 0.717) is 10.6 Å². The molecule has 3 heteroatoms. The lowest BCUT2D eigenvalue weighted by molar-refractivity contribution is 0.102. The van der Waals surface area contributed by atoms with Crippen LogP contribution in [0.1, 0.15) is 10.4 Å². The molecule has 0 saturated heterocycles. The van der Waals surface area contributed by atoms with Crippen molar-refractivity contribution in [2.45, 2.75) is 0 Å². The SMILES string of the molecule is O=C(Nc1ccc2ccccc2c1)c1ccccc1Cl. The molecule has 0 spiro atoms. The summed E-state index contributed by atoms with van der Waals surface area (Å²) in [6.07, 6.45) is 0. The fourth-order valence-corrected chi connectivity index (χ4v) is 2.33. The van der Waals surface area contributed by atoms with E-state index in [0.717, 1.165) is 16.5 Å².